The quantitative estimate of drug-likeness (QED) is 0.407. The molecule has 3 aromatic rings. The maximum Gasteiger partial charge on any atom is 0.269 e. The van der Waals surface area contributed by atoms with Gasteiger partial charge < -0.3 is 9.47 Å². The zero-order valence-electron chi connectivity index (χ0n) is 16.8. The molecule has 0 bridgehead atoms. The van der Waals surface area contributed by atoms with Crippen molar-refractivity contribution in [3.63, 3.8) is 0 Å². The number of hydrogen-bond acceptors (Lipinski definition) is 5. The van der Waals surface area contributed by atoms with E-state index in [9.17, 15) is 9.59 Å². The summed E-state index contributed by atoms with van der Waals surface area (Å²) in [6.45, 7) is -0.233. The lowest BCUT2D eigenvalue weighted by Gasteiger charge is -2.12. The fourth-order valence-electron chi connectivity index (χ4n) is 2.65. The third kappa shape index (κ3) is 6.55. The van der Waals surface area contributed by atoms with Crippen LogP contribution < -0.4 is 25.6 Å². The van der Waals surface area contributed by atoms with E-state index in [0.717, 1.165) is 11.1 Å². The first-order chi connectivity index (χ1) is 15.0. The average Bonchev–Trinajstić information content (AvgIpc) is 2.82. The first-order valence-corrected chi connectivity index (χ1v) is 9.78. The van der Waals surface area contributed by atoms with Gasteiger partial charge in [0, 0.05) is 5.56 Å². The van der Waals surface area contributed by atoms with E-state index >= 15 is 0 Å². The molecular weight excluding hydrogens is 414 g/mol. The first-order valence-electron chi connectivity index (χ1n) is 9.37. The van der Waals surface area contributed by atoms with Crippen molar-refractivity contribution in [3.8, 4) is 22.6 Å². The van der Waals surface area contributed by atoms with E-state index in [0.29, 0.717) is 17.1 Å². The summed E-state index contributed by atoms with van der Waals surface area (Å²) in [7, 11) is 1.57. The number of hydrogen-bond donors (Lipinski definition) is 3. The van der Waals surface area contributed by atoms with Crippen molar-refractivity contribution in [1.82, 2.24) is 16.2 Å². The van der Waals surface area contributed by atoms with Crippen LogP contribution in [0.2, 0.25) is 0 Å². The molecule has 0 unspecified atom stereocenters. The molecule has 7 nitrogen and oxygen atoms in total. The van der Waals surface area contributed by atoms with Crippen molar-refractivity contribution in [2.75, 3.05) is 13.7 Å². The second-order valence-corrected chi connectivity index (χ2v) is 6.77. The highest BCUT2D eigenvalue weighted by molar-refractivity contribution is 7.80. The fourth-order valence-corrected chi connectivity index (χ4v) is 2.81. The molecule has 158 valence electrons. The van der Waals surface area contributed by atoms with Crippen LogP contribution in [-0.2, 0) is 4.79 Å². The second-order valence-electron chi connectivity index (χ2n) is 6.36. The van der Waals surface area contributed by atoms with Crippen molar-refractivity contribution in [1.29, 1.82) is 0 Å². The van der Waals surface area contributed by atoms with E-state index in [4.69, 9.17) is 21.7 Å². The molecule has 0 saturated heterocycles. The number of rotatable bonds is 6. The molecule has 0 atom stereocenters. The van der Waals surface area contributed by atoms with Gasteiger partial charge in [0.2, 0.25) is 0 Å². The summed E-state index contributed by atoms with van der Waals surface area (Å²) in [5.41, 5.74) is 7.47. The van der Waals surface area contributed by atoms with Gasteiger partial charge >= 0.3 is 0 Å². The Kier molecular flexibility index (Phi) is 7.56. The smallest absolute Gasteiger partial charge is 0.269 e. The highest BCUT2D eigenvalue weighted by Gasteiger charge is 2.09. The maximum atomic E-state index is 12.3. The minimum atomic E-state index is -0.463. The molecule has 0 aromatic heterocycles. The Bertz CT molecular complexity index is 1040. The Labute approximate surface area is 185 Å². The van der Waals surface area contributed by atoms with Gasteiger partial charge in [-0.15, -0.1) is 0 Å². The highest BCUT2D eigenvalue weighted by atomic mass is 32.1. The van der Waals surface area contributed by atoms with Gasteiger partial charge in [0.25, 0.3) is 11.8 Å². The minimum absolute atomic E-state index is 0.0439. The predicted molar refractivity (Wildman–Crippen MR) is 122 cm³/mol. The molecule has 0 aliphatic rings. The summed E-state index contributed by atoms with van der Waals surface area (Å²) in [4.78, 5) is 24.2. The number of amides is 2. The van der Waals surface area contributed by atoms with E-state index in [2.05, 4.69) is 16.2 Å². The molecule has 2 amide bonds. The largest absolute Gasteiger partial charge is 0.497 e. The molecule has 31 heavy (non-hydrogen) atoms. The normalized spacial score (nSPS) is 9.97. The third-order valence-corrected chi connectivity index (χ3v) is 4.43. The fraction of sp³-hybridized carbons (Fsp3) is 0.0870. The number of methoxy groups -OCH3 is 1. The van der Waals surface area contributed by atoms with Crippen molar-refractivity contribution < 1.29 is 19.1 Å². The topological polar surface area (TPSA) is 88.7 Å². The van der Waals surface area contributed by atoms with Crippen LogP contribution in [0.4, 0.5) is 0 Å². The van der Waals surface area contributed by atoms with Crippen molar-refractivity contribution in [3.05, 3.63) is 84.4 Å². The monoisotopic (exact) mass is 435 g/mol. The van der Waals surface area contributed by atoms with Crippen LogP contribution in [0, 0.1) is 0 Å². The Hall–Kier alpha value is -3.91. The minimum Gasteiger partial charge on any atom is -0.497 e. The molecule has 0 fully saturated rings. The van der Waals surface area contributed by atoms with E-state index in [1.807, 2.05) is 42.5 Å². The highest BCUT2D eigenvalue weighted by Crippen LogP contribution is 2.19. The zero-order valence-corrected chi connectivity index (χ0v) is 17.6. The third-order valence-electron chi connectivity index (χ3n) is 4.23. The molecule has 0 spiro atoms. The van der Waals surface area contributed by atoms with E-state index < -0.39 is 5.91 Å². The van der Waals surface area contributed by atoms with E-state index in [1.54, 1.807) is 43.5 Å². The Balaban J connectivity index is 1.42. The van der Waals surface area contributed by atoms with Gasteiger partial charge in [-0.05, 0) is 59.7 Å². The summed E-state index contributed by atoms with van der Waals surface area (Å²) < 4.78 is 10.4. The van der Waals surface area contributed by atoms with Crippen LogP contribution in [0.25, 0.3) is 11.1 Å². The lowest BCUT2D eigenvalue weighted by molar-refractivity contribution is -0.121. The number of carbonyl (C=O) groups excluding carboxylic acids is 2. The summed E-state index contributed by atoms with van der Waals surface area (Å²) in [5, 5.41) is 2.38. The lowest BCUT2D eigenvalue weighted by Crippen LogP contribution is -2.49. The summed E-state index contributed by atoms with van der Waals surface area (Å²) in [6.07, 6.45) is 0. The number of carbonyl (C=O) groups is 2. The van der Waals surface area contributed by atoms with Crippen LogP contribution >= 0.6 is 12.2 Å². The molecule has 0 aliphatic carbocycles. The Morgan fingerprint density at radius 3 is 2.06 bits per heavy atom. The molecule has 0 saturated carbocycles. The standard InChI is InChI=1S/C23H21N3O4S/c1-29-19-11-13-20(14-12-19)30-15-21(27)24-23(31)26-25-22(28)18-9-7-17(8-10-18)16-5-3-2-4-6-16/h2-14H,15H2,1H3,(H,25,28)(H2,24,26,27,31). The van der Waals surface area contributed by atoms with Gasteiger partial charge in [0.1, 0.15) is 11.5 Å². The van der Waals surface area contributed by atoms with Gasteiger partial charge in [0.15, 0.2) is 11.7 Å². The second kappa shape index (κ2) is 10.7. The zero-order chi connectivity index (χ0) is 22.1. The number of nitrogens with one attached hydrogen (secondary N) is 3. The molecule has 3 rings (SSSR count). The van der Waals surface area contributed by atoms with Crippen LogP contribution in [0.1, 0.15) is 10.4 Å². The molecule has 0 aliphatic heterocycles. The van der Waals surface area contributed by atoms with E-state index in [1.165, 1.54) is 0 Å². The molecular formula is C23H21N3O4S. The van der Waals surface area contributed by atoms with Crippen LogP contribution in [0.15, 0.2) is 78.9 Å². The molecule has 0 radical (unpaired) electrons. The average molecular weight is 436 g/mol. The van der Waals surface area contributed by atoms with Gasteiger partial charge in [-0.2, -0.15) is 0 Å². The van der Waals surface area contributed by atoms with Crippen molar-refractivity contribution in [2.24, 2.45) is 0 Å². The van der Waals surface area contributed by atoms with Crippen LogP contribution in [0.5, 0.6) is 11.5 Å². The van der Waals surface area contributed by atoms with Gasteiger partial charge in [-0.3, -0.25) is 25.8 Å². The SMILES string of the molecule is COc1ccc(OCC(=O)NC(=S)NNC(=O)c2ccc(-c3ccccc3)cc2)cc1. The lowest BCUT2D eigenvalue weighted by atomic mass is 10.0. The van der Waals surface area contributed by atoms with Gasteiger partial charge in [0.05, 0.1) is 7.11 Å². The van der Waals surface area contributed by atoms with Gasteiger partial charge in [-0.25, -0.2) is 0 Å². The van der Waals surface area contributed by atoms with Crippen molar-refractivity contribution >= 4 is 29.1 Å². The first kappa shape index (κ1) is 21.8. The Morgan fingerprint density at radius 1 is 0.806 bits per heavy atom. The van der Waals surface area contributed by atoms with Crippen LogP contribution in [-0.4, -0.2) is 30.6 Å². The predicted octanol–water partition coefficient (Wildman–Crippen LogP) is 3.08. The van der Waals surface area contributed by atoms with Crippen LogP contribution in [0.3, 0.4) is 0 Å². The molecule has 3 N–H and O–H groups in total. The summed E-state index contributed by atoms with van der Waals surface area (Å²) in [5.74, 6) is 0.357. The maximum absolute atomic E-state index is 12.3. The van der Waals surface area contributed by atoms with Gasteiger partial charge in [-0.1, -0.05) is 42.5 Å². The number of ether oxygens (including phenoxy) is 2. The Morgan fingerprint density at radius 2 is 1.42 bits per heavy atom. The number of benzene rings is 3. The summed E-state index contributed by atoms with van der Waals surface area (Å²) >= 11 is 5.02. The molecule has 8 heteroatoms. The molecule has 3 aromatic carbocycles. The van der Waals surface area contributed by atoms with Crippen molar-refractivity contribution in [2.45, 2.75) is 0 Å². The molecule has 0 heterocycles. The number of thiocarbonyl (C=S) groups is 1. The summed E-state index contributed by atoms with van der Waals surface area (Å²) in [6, 6.07) is 23.8. The number of hydrazine groups is 1. The van der Waals surface area contributed by atoms with E-state index in [-0.39, 0.29) is 17.6 Å².